The Morgan fingerprint density at radius 1 is 1.38 bits per heavy atom. The Kier molecular flexibility index (Phi) is 1.85. The third-order valence-corrected chi connectivity index (χ3v) is 2.35. The third-order valence-electron chi connectivity index (χ3n) is 2.02. The maximum Gasteiger partial charge on any atom is 0.251 e. The largest absolute Gasteiger partial charge is 0.322 e. The lowest BCUT2D eigenvalue weighted by molar-refractivity contribution is 1.24. The second kappa shape index (κ2) is 2.89. The molecule has 3 heteroatoms. The van der Waals surface area contributed by atoms with Crippen molar-refractivity contribution < 1.29 is 0 Å². The van der Waals surface area contributed by atoms with E-state index in [1.165, 1.54) is 0 Å². The first kappa shape index (κ1) is 8.32. The zero-order valence-corrected chi connectivity index (χ0v) is 7.85. The van der Waals surface area contributed by atoms with Gasteiger partial charge in [-0.3, -0.25) is 4.79 Å². The van der Waals surface area contributed by atoms with Crippen molar-refractivity contribution in [1.29, 1.82) is 0 Å². The highest BCUT2D eigenvalue weighted by molar-refractivity contribution is 6.35. The van der Waals surface area contributed by atoms with Crippen LogP contribution >= 0.6 is 11.6 Å². The van der Waals surface area contributed by atoms with Crippen molar-refractivity contribution in [3.05, 3.63) is 45.2 Å². The highest BCUT2D eigenvalue weighted by atomic mass is 35.5. The molecule has 0 unspecified atom stereocenters. The quantitative estimate of drug-likeness (QED) is 0.685. The Morgan fingerprint density at radius 2 is 2.15 bits per heavy atom. The van der Waals surface area contributed by atoms with E-state index < -0.39 is 0 Å². The highest BCUT2D eigenvalue weighted by Gasteiger charge is 2.00. The minimum atomic E-state index is -0.0604. The van der Waals surface area contributed by atoms with Gasteiger partial charge in [-0.15, -0.1) is 0 Å². The van der Waals surface area contributed by atoms with Gasteiger partial charge in [-0.1, -0.05) is 17.7 Å². The maximum absolute atomic E-state index is 11.2. The maximum atomic E-state index is 11.2. The molecule has 1 N–H and O–H groups in total. The predicted molar refractivity (Wildman–Crippen MR) is 54.3 cm³/mol. The molecule has 0 bridgehead atoms. The summed E-state index contributed by atoms with van der Waals surface area (Å²) in [6.07, 6.45) is 0. The van der Waals surface area contributed by atoms with Crippen LogP contribution in [0.15, 0.2) is 29.1 Å². The zero-order chi connectivity index (χ0) is 9.42. The van der Waals surface area contributed by atoms with Gasteiger partial charge in [-0.05, 0) is 25.1 Å². The molecule has 0 amide bonds. The van der Waals surface area contributed by atoms with Crippen LogP contribution in [0.4, 0.5) is 0 Å². The lowest BCUT2D eigenvalue weighted by Gasteiger charge is -2.00. The summed E-state index contributed by atoms with van der Waals surface area (Å²) in [6.45, 7) is 1.77. The third kappa shape index (κ3) is 1.33. The first-order valence-electron chi connectivity index (χ1n) is 3.96. The highest BCUT2D eigenvalue weighted by Crippen LogP contribution is 2.20. The fraction of sp³-hybridized carbons (Fsp3) is 0.100. The van der Waals surface area contributed by atoms with Gasteiger partial charge in [0.2, 0.25) is 0 Å². The van der Waals surface area contributed by atoms with E-state index in [9.17, 15) is 4.79 Å². The van der Waals surface area contributed by atoms with Gasteiger partial charge in [0.1, 0.15) is 0 Å². The smallest absolute Gasteiger partial charge is 0.251 e. The van der Waals surface area contributed by atoms with Crippen LogP contribution in [0, 0.1) is 6.92 Å². The molecule has 0 fully saturated rings. The van der Waals surface area contributed by atoms with Crippen LogP contribution in [-0.4, -0.2) is 4.98 Å². The number of aromatic nitrogens is 1. The number of hydrogen-bond acceptors (Lipinski definition) is 1. The van der Waals surface area contributed by atoms with Crippen molar-refractivity contribution in [2.75, 3.05) is 0 Å². The molecule has 0 radical (unpaired) electrons. The molecule has 0 aliphatic carbocycles. The number of aryl methyl sites for hydroxylation is 1. The molecule has 1 aromatic heterocycles. The summed E-state index contributed by atoms with van der Waals surface area (Å²) in [4.78, 5) is 14.0. The second-order valence-electron chi connectivity index (χ2n) is 2.98. The number of rotatable bonds is 0. The molecule has 0 aliphatic rings. The van der Waals surface area contributed by atoms with E-state index in [-0.39, 0.29) is 5.56 Å². The van der Waals surface area contributed by atoms with Crippen molar-refractivity contribution in [2.45, 2.75) is 6.92 Å². The minimum absolute atomic E-state index is 0.0604. The Balaban J connectivity index is 2.97. The van der Waals surface area contributed by atoms with Gasteiger partial charge in [-0.25, -0.2) is 0 Å². The van der Waals surface area contributed by atoms with Gasteiger partial charge in [0.25, 0.3) is 5.56 Å². The summed E-state index contributed by atoms with van der Waals surface area (Å²) in [7, 11) is 0. The summed E-state index contributed by atoms with van der Waals surface area (Å²) >= 11 is 5.96. The molecule has 2 aromatic rings. The van der Waals surface area contributed by atoms with Crippen LogP contribution in [0.2, 0.25) is 5.02 Å². The Labute approximate surface area is 80.2 Å². The van der Waals surface area contributed by atoms with Gasteiger partial charge < -0.3 is 4.98 Å². The number of aromatic amines is 1. The average molecular weight is 194 g/mol. The first-order chi connectivity index (χ1) is 6.18. The summed E-state index contributed by atoms with van der Waals surface area (Å²) < 4.78 is 0. The standard InChI is InChI=1S/C10H8ClNO/c1-6-5-7-8(11)3-2-4-9(7)12-10(6)13/h2-5H,1H3,(H,12,13). The van der Waals surface area contributed by atoms with E-state index in [4.69, 9.17) is 11.6 Å². The van der Waals surface area contributed by atoms with Crippen molar-refractivity contribution in [3.63, 3.8) is 0 Å². The average Bonchev–Trinajstić information content (AvgIpc) is 2.09. The summed E-state index contributed by atoms with van der Waals surface area (Å²) in [5.41, 5.74) is 1.40. The van der Waals surface area contributed by atoms with Gasteiger partial charge in [0, 0.05) is 21.5 Å². The number of fused-ring (bicyclic) bond motifs is 1. The molecule has 66 valence electrons. The van der Waals surface area contributed by atoms with Crippen LogP contribution < -0.4 is 5.56 Å². The predicted octanol–water partition coefficient (Wildman–Crippen LogP) is 2.49. The fourth-order valence-electron chi connectivity index (χ4n) is 1.30. The summed E-state index contributed by atoms with van der Waals surface area (Å²) in [5.74, 6) is 0. The van der Waals surface area contributed by atoms with Crippen LogP contribution in [0.25, 0.3) is 10.9 Å². The molecule has 1 aromatic carbocycles. The van der Waals surface area contributed by atoms with Crippen LogP contribution in [0.3, 0.4) is 0 Å². The monoisotopic (exact) mass is 193 g/mol. The van der Waals surface area contributed by atoms with Crippen molar-refractivity contribution >= 4 is 22.5 Å². The fourth-order valence-corrected chi connectivity index (χ4v) is 1.52. The molecule has 2 nitrogen and oxygen atoms in total. The number of nitrogens with one attached hydrogen (secondary N) is 1. The van der Waals surface area contributed by atoms with Gasteiger partial charge >= 0.3 is 0 Å². The molecular formula is C10H8ClNO. The van der Waals surface area contributed by atoms with Crippen molar-refractivity contribution in [2.24, 2.45) is 0 Å². The molecule has 0 atom stereocenters. The molecule has 0 aliphatic heterocycles. The molecular weight excluding hydrogens is 186 g/mol. The van der Waals surface area contributed by atoms with Gasteiger partial charge in [0.15, 0.2) is 0 Å². The molecule has 13 heavy (non-hydrogen) atoms. The summed E-state index contributed by atoms with van der Waals surface area (Å²) in [6, 6.07) is 7.26. The number of hydrogen-bond donors (Lipinski definition) is 1. The Morgan fingerprint density at radius 3 is 2.92 bits per heavy atom. The number of H-pyrrole nitrogens is 1. The van der Waals surface area contributed by atoms with Crippen molar-refractivity contribution in [1.82, 2.24) is 4.98 Å². The lowest BCUT2D eigenvalue weighted by atomic mass is 10.2. The molecule has 1 heterocycles. The van der Waals surface area contributed by atoms with Crippen LogP contribution in [-0.2, 0) is 0 Å². The second-order valence-corrected chi connectivity index (χ2v) is 3.39. The zero-order valence-electron chi connectivity index (χ0n) is 7.10. The molecule has 0 saturated heterocycles. The van der Waals surface area contributed by atoms with Gasteiger partial charge in [-0.2, -0.15) is 0 Å². The van der Waals surface area contributed by atoms with Crippen LogP contribution in [0.5, 0.6) is 0 Å². The minimum Gasteiger partial charge on any atom is -0.322 e. The van der Waals surface area contributed by atoms with E-state index in [2.05, 4.69) is 4.98 Å². The molecule has 2 rings (SSSR count). The van der Waals surface area contributed by atoms with Crippen molar-refractivity contribution in [3.8, 4) is 0 Å². The van der Waals surface area contributed by atoms with E-state index in [1.807, 2.05) is 18.2 Å². The normalized spacial score (nSPS) is 10.6. The Hall–Kier alpha value is -1.28. The number of pyridine rings is 1. The first-order valence-corrected chi connectivity index (χ1v) is 4.34. The topological polar surface area (TPSA) is 32.9 Å². The van der Waals surface area contributed by atoms with E-state index >= 15 is 0 Å². The summed E-state index contributed by atoms with van der Waals surface area (Å²) in [5, 5.41) is 1.55. The van der Waals surface area contributed by atoms with Gasteiger partial charge in [0.05, 0.1) is 0 Å². The van der Waals surface area contributed by atoms with E-state index in [0.29, 0.717) is 10.6 Å². The van der Waals surface area contributed by atoms with E-state index in [1.54, 1.807) is 13.0 Å². The number of halogens is 1. The SMILES string of the molecule is Cc1cc2c(Cl)cccc2[nH]c1=O. The molecule has 0 saturated carbocycles. The lowest BCUT2D eigenvalue weighted by Crippen LogP contribution is -2.08. The Bertz CT molecular complexity index is 516. The van der Waals surface area contributed by atoms with E-state index in [0.717, 1.165) is 10.9 Å². The number of benzene rings is 1. The molecule has 0 spiro atoms. The van der Waals surface area contributed by atoms with Crippen LogP contribution in [0.1, 0.15) is 5.56 Å².